The first-order valence-corrected chi connectivity index (χ1v) is 4.79. The van der Waals surface area contributed by atoms with Crippen LogP contribution in [0.5, 0.6) is 0 Å². The topological polar surface area (TPSA) is 25.8 Å². The average molecular weight is 209 g/mol. The predicted molar refractivity (Wildman–Crippen MR) is 48.5 cm³/mol. The van der Waals surface area contributed by atoms with E-state index in [4.69, 9.17) is 23.2 Å². The summed E-state index contributed by atoms with van der Waals surface area (Å²) in [5.74, 6) is 0.949. The number of hydrogen-bond acceptors (Lipinski definition) is 3. The molecule has 0 spiro atoms. The van der Waals surface area contributed by atoms with E-state index in [1.165, 1.54) is 0 Å². The molecule has 0 aliphatic carbocycles. The van der Waals surface area contributed by atoms with E-state index in [2.05, 4.69) is 9.97 Å². The zero-order chi connectivity index (χ0) is 8.27. The molecule has 0 bridgehead atoms. The van der Waals surface area contributed by atoms with Crippen LogP contribution in [-0.2, 0) is 0 Å². The Morgan fingerprint density at radius 1 is 1.55 bits per heavy atom. The zero-order valence-electron chi connectivity index (χ0n) is 5.84. The fraction of sp³-hybridized carbons (Fsp3) is 0.333. The molecule has 0 saturated heterocycles. The predicted octanol–water partition coefficient (Wildman–Crippen LogP) is 2.90. The summed E-state index contributed by atoms with van der Waals surface area (Å²) in [6, 6.07) is 0. The van der Waals surface area contributed by atoms with E-state index >= 15 is 0 Å². The fourth-order valence-corrected chi connectivity index (χ4v) is 1.65. The van der Waals surface area contributed by atoms with Crippen molar-refractivity contribution < 1.29 is 0 Å². The van der Waals surface area contributed by atoms with Gasteiger partial charge in [-0.25, -0.2) is 9.97 Å². The van der Waals surface area contributed by atoms with E-state index < -0.39 is 0 Å². The number of nitrogens with zero attached hydrogens (tertiary/aromatic N) is 2. The van der Waals surface area contributed by atoms with Gasteiger partial charge in [-0.1, -0.05) is 18.5 Å². The molecule has 0 N–H and O–H groups in total. The van der Waals surface area contributed by atoms with Crippen LogP contribution in [0.3, 0.4) is 0 Å². The number of halogens is 2. The summed E-state index contributed by atoms with van der Waals surface area (Å²) in [5, 5.41) is 0.618. The van der Waals surface area contributed by atoms with E-state index in [0.717, 1.165) is 10.6 Å². The smallest absolute Gasteiger partial charge is 0.223 e. The first-order valence-electron chi connectivity index (χ1n) is 3.05. The highest BCUT2D eigenvalue weighted by Crippen LogP contribution is 2.24. The highest BCUT2D eigenvalue weighted by atomic mass is 35.5. The lowest BCUT2D eigenvalue weighted by Gasteiger charge is -1.98. The Morgan fingerprint density at radius 3 is 2.82 bits per heavy atom. The summed E-state index contributed by atoms with van der Waals surface area (Å²) in [6.45, 7) is 2.04. The molecule has 0 unspecified atom stereocenters. The second kappa shape index (κ2) is 4.14. The Bertz CT molecular complexity index is 254. The van der Waals surface area contributed by atoms with Crippen LogP contribution in [0.2, 0.25) is 10.4 Å². The Hall–Kier alpha value is 0.01000. The molecule has 0 aromatic carbocycles. The van der Waals surface area contributed by atoms with Crippen LogP contribution in [-0.4, -0.2) is 15.7 Å². The summed E-state index contributed by atoms with van der Waals surface area (Å²) in [4.78, 5) is 8.47. The fourth-order valence-electron chi connectivity index (χ4n) is 0.582. The van der Waals surface area contributed by atoms with Crippen molar-refractivity contribution in [1.29, 1.82) is 0 Å². The third-order valence-corrected chi connectivity index (χ3v) is 2.46. The van der Waals surface area contributed by atoms with Crippen molar-refractivity contribution in [2.24, 2.45) is 0 Å². The Morgan fingerprint density at radius 2 is 2.27 bits per heavy atom. The van der Waals surface area contributed by atoms with E-state index in [9.17, 15) is 0 Å². The highest BCUT2D eigenvalue weighted by Gasteiger charge is 2.02. The molecular formula is C6H6Cl2N2S. The van der Waals surface area contributed by atoms with Gasteiger partial charge in [0.1, 0.15) is 5.15 Å². The van der Waals surface area contributed by atoms with Gasteiger partial charge in [0, 0.05) is 6.20 Å². The maximum Gasteiger partial charge on any atom is 0.223 e. The minimum absolute atomic E-state index is 0.190. The number of aromatic nitrogens is 2. The van der Waals surface area contributed by atoms with Crippen LogP contribution in [0.1, 0.15) is 6.92 Å². The first-order chi connectivity index (χ1) is 5.24. The molecule has 1 aromatic heterocycles. The summed E-state index contributed by atoms with van der Waals surface area (Å²) < 4.78 is 0. The van der Waals surface area contributed by atoms with Crippen molar-refractivity contribution in [3.05, 3.63) is 16.6 Å². The number of hydrogen-bond donors (Lipinski definition) is 0. The summed E-state index contributed by atoms with van der Waals surface area (Å²) in [6.07, 6.45) is 1.63. The maximum absolute atomic E-state index is 5.75. The lowest BCUT2D eigenvalue weighted by atomic mass is 10.7. The lowest BCUT2D eigenvalue weighted by molar-refractivity contribution is 1.10. The third kappa shape index (κ3) is 2.51. The largest absolute Gasteiger partial charge is 0.225 e. The molecule has 0 fully saturated rings. The van der Waals surface area contributed by atoms with Crippen LogP contribution in [0.25, 0.3) is 0 Å². The monoisotopic (exact) mass is 208 g/mol. The SMILES string of the molecule is CCSc1cnc(Cl)nc1Cl. The number of thioether (sulfide) groups is 1. The molecule has 1 heterocycles. The Labute approximate surface area is 79.3 Å². The minimum Gasteiger partial charge on any atom is -0.225 e. The van der Waals surface area contributed by atoms with Crippen molar-refractivity contribution >= 4 is 35.0 Å². The van der Waals surface area contributed by atoms with Crippen LogP contribution >= 0.6 is 35.0 Å². The Balaban J connectivity index is 2.90. The second-order valence-electron chi connectivity index (χ2n) is 1.73. The summed E-state index contributed by atoms with van der Waals surface area (Å²) in [5.41, 5.74) is 0. The molecule has 0 saturated carbocycles. The molecule has 11 heavy (non-hydrogen) atoms. The molecule has 5 heteroatoms. The molecule has 1 aromatic rings. The van der Waals surface area contributed by atoms with Gasteiger partial charge >= 0.3 is 0 Å². The van der Waals surface area contributed by atoms with E-state index in [0.29, 0.717) is 5.15 Å². The van der Waals surface area contributed by atoms with Gasteiger partial charge in [0.25, 0.3) is 0 Å². The van der Waals surface area contributed by atoms with Gasteiger partial charge < -0.3 is 0 Å². The van der Waals surface area contributed by atoms with Crippen molar-refractivity contribution in [1.82, 2.24) is 9.97 Å². The zero-order valence-corrected chi connectivity index (χ0v) is 8.17. The van der Waals surface area contributed by atoms with E-state index in [1.54, 1.807) is 18.0 Å². The van der Waals surface area contributed by atoms with Crippen molar-refractivity contribution in [3.8, 4) is 0 Å². The molecule has 0 atom stereocenters. The molecular weight excluding hydrogens is 203 g/mol. The quantitative estimate of drug-likeness (QED) is 0.425. The van der Waals surface area contributed by atoms with Gasteiger partial charge in [-0.15, -0.1) is 11.8 Å². The molecule has 60 valence electrons. The van der Waals surface area contributed by atoms with Crippen LogP contribution in [0.4, 0.5) is 0 Å². The Kier molecular flexibility index (Phi) is 3.43. The normalized spacial score (nSPS) is 10.1. The molecule has 0 amide bonds. The van der Waals surface area contributed by atoms with Gasteiger partial charge in [0.15, 0.2) is 0 Å². The maximum atomic E-state index is 5.75. The second-order valence-corrected chi connectivity index (χ2v) is 3.73. The van der Waals surface area contributed by atoms with E-state index in [1.807, 2.05) is 6.92 Å². The van der Waals surface area contributed by atoms with Gasteiger partial charge in [0.2, 0.25) is 5.28 Å². The highest BCUT2D eigenvalue weighted by molar-refractivity contribution is 7.99. The van der Waals surface area contributed by atoms with Gasteiger partial charge in [0.05, 0.1) is 4.90 Å². The van der Waals surface area contributed by atoms with Crippen LogP contribution < -0.4 is 0 Å². The standard InChI is InChI=1S/C6H6Cl2N2S/c1-2-11-4-3-9-6(8)10-5(4)7/h3H,2H2,1H3. The van der Waals surface area contributed by atoms with Crippen LogP contribution in [0.15, 0.2) is 11.1 Å². The molecule has 0 aliphatic heterocycles. The lowest BCUT2D eigenvalue weighted by Crippen LogP contribution is -1.85. The van der Waals surface area contributed by atoms with Gasteiger partial charge in [-0.3, -0.25) is 0 Å². The molecule has 2 nitrogen and oxygen atoms in total. The minimum atomic E-state index is 0.190. The molecule has 1 rings (SSSR count). The number of rotatable bonds is 2. The summed E-state index contributed by atoms with van der Waals surface area (Å²) >= 11 is 12.8. The molecule has 0 radical (unpaired) electrons. The molecule has 0 aliphatic rings. The van der Waals surface area contributed by atoms with E-state index in [-0.39, 0.29) is 5.28 Å². The van der Waals surface area contributed by atoms with Crippen molar-refractivity contribution in [2.45, 2.75) is 11.8 Å². The van der Waals surface area contributed by atoms with Gasteiger partial charge in [-0.2, -0.15) is 0 Å². The van der Waals surface area contributed by atoms with Gasteiger partial charge in [-0.05, 0) is 17.4 Å². The first kappa shape index (κ1) is 9.10. The summed E-state index contributed by atoms with van der Waals surface area (Å²) in [7, 11) is 0. The van der Waals surface area contributed by atoms with Crippen LogP contribution in [0, 0.1) is 0 Å². The average Bonchev–Trinajstić information content (AvgIpc) is 1.95. The van der Waals surface area contributed by atoms with Crippen molar-refractivity contribution in [2.75, 3.05) is 5.75 Å². The third-order valence-electron chi connectivity index (χ3n) is 0.982. The van der Waals surface area contributed by atoms with Crippen molar-refractivity contribution in [3.63, 3.8) is 0 Å².